The molecule has 3 unspecified atom stereocenters. The molecule has 0 aromatic carbocycles. The van der Waals surface area contributed by atoms with E-state index in [1.165, 1.54) is 122 Å². The van der Waals surface area contributed by atoms with Gasteiger partial charge in [0.25, 0.3) is 0 Å². The maximum atomic E-state index is 13.0. The Bertz CT molecular complexity index is 1720. The van der Waals surface area contributed by atoms with Gasteiger partial charge in [0, 0.05) is 25.7 Å². The number of aliphatic hydroxyl groups is 1. The number of phosphoric acid groups is 2. The van der Waals surface area contributed by atoms with E-state index >= 15 is 0 Å². The van der Waals surface area contributed by atoms with Crippen molar-refractivity contribution in [3.63, 3.8) is 0 Å². The molecule has 0 aromatic rings. The number of esters is 4. The predicted octanol–water partition coefficient (Wildman–Crippen LogP) is 18.5. The molecule has 0 spiro atoms. The third-order valence-electron chi connectivity index (χ3n) is 15.7. The van der Waals surface area contributed by atoms with E-state index in [-0.39, 0.29) is 25.7 Å². The fraction of sp³-hybridized carbons (Fsp3) is 0.940. The first-order valence-corrected chi connectivity index (χ1v) is 37.7. The number of rotatable bonds is 64. The topological polar surface area (TPSA) is 237 Å². The van der Waals surface area contributed by atoms with Crippen LogP contribution in [-0.2, 0) is 65.4 Å². The van der Waals surface area contributed by atoms with Crippen LogP contribution >= 0.6 is 15.6 Å². The number of unbranched alkanes of at least 4 members (excludes halogenated alkanes) is 29. The van der Waals surface area contributed by atoms with Gasteiger partial charge in [-0.3, -0.25) is 37.3 Å². The number of hydrogen-bond donors (Lipinski definition) is 3. The van der Waals surface area contributed by atoms with Crippen molar-refractivity contribution in [2.45, 2.75) is 343 Å². The van der Waals surface area contributed by atoms with Gasteiger partial charge in [-0.25, -0.2) is 9.13 Å². The average Bonchev–Trinajstić information content (AvgIpc) is 3.64. The molecule has 0 aliphatic heterocycles. The Morgan fingerprint density at radius 3 is 0.826 bits per heavy atom. The van der Waals surface area contributed by atoms with Crippen molar-refractivity contribution in [2.24, 2.45) is 23.7 Å². The molecule has 0 amide bonds. The molecule has 0 aliphatic carbocycles. The molecular formula is C67H130O17P2. The van der Waals surface area contributed by atoms with Crippen molar-refractivity contribution in [3.05, 3.63) is 0 Å². The predicted molar refractivity (Wildman–Crippen MR) is 344 cm³/mol. The number of carbonyl (C=O) groups is 4. The van der Waals surface area contributed by atoms with Crippen LogP contribution in [0.2, 0.25) is 0 Å². The summed E-state index contributed by atoms with van der Waals surface area (Å²) in [6, 6.07) is 0. The van der Waals surface area contributed by atoms with E-state index in [2.05, 4.69) is 55.4 Å². The lowest BCUT2D eigenvalue weighted by atomic mass is 9.99. The van der Waals surface area contributed by atoms with E-state index in [0.717, 1.165) is 114 Å². The molecular weight excluding hydrogens is 1140 g/mol. The normalized spacial score (nSPS) is 14.7. The summed E-state index contributed by atoms with van der Waals surface area (Å²) in [4.78, 5) is 72.4. The molecule has 0 radical (unpaired) electrons. The summed E-state index contributed by atoms with van der Waals surface area (Å²) in [6.45, 7) is 14.0. The second-order valence-electron chi connectivity index (χ2n) is 25.9. The summed E-state index contributed by atoms with van der Waals surface area (Å²) in [6.07, 6.45) is 37.7. The van der Waals surface area contributed by atoms with Crippen LogP contribution in [0.15, 0.2) is 0 Å². The molecule has 0 aliphatic rings. The molecule has 17 nitrogen and oxygen atoms in total. The van der Waals surface area contributed by atoms with Gasteiger partial charge in [0.05, 0.1) is 26.4 Å². The SMILES string of the molecule is CCC(C)CCCCCCCCCCCCC(=O)O[C@H](COC(=O)CCCCCCCCC(C)C)COP(=O)(O)OC[C@H](O)COP(=O)(O)OC[C@@H](COC(=O)CCCCCCCCCCCC(C)C)OC(=O)CCCCCCCCCCC(C)C. The zero-order chi connectivity index (χ0) is 63.9. The molecule has 510 valence electrons. The van der Waals surface area contributed by atoms with Crippen molar-refractivity contribution >= 4 is 39.5 Å². The molecule has 0 bridgehead atoms. The standard InChI is InChI=1S/C67H130O17P2/c1-9-60(8)46-38-30-21-14-10-11-15-23-33-41-49-66(71)83-63(54-78-65(70)48-40-32-26-25-29-37-45-59(6)7)56-82-86(75,76)80-52-61(68)51-79-85(73,74)81-55-62(84-67(72)50-42-34-24-18-17-20-28-36-44-58(4)5)53-77-64(69)47-39-31-22-16-12-13-19-27-35-43-57(2)3/h57-63,68H,9-56H2,1-8H3,(H,73,74)(H,75,76)/t60?,61-,62-,63-/m1/s1. The van der Waals surface area contributed by atoms with Gasteiger partial charge in [-0.1, -0.05) is 274 Å². The fourth-order valence-electron chi connectivity index (χ4n) is 9.93. The lowest BCUT2D eigenvalue weighted by Gasteiger charge is -2.21. The molecule has 0 heterocycles. The summed E-state index contributed by atoms with van der Waals surface area (Å²) >= 11 is 0. The lowest BCUT2D eigenvalue weighted by Crippen LogP contribution is -2.30. The number of ether oxygens (including phenoxy) is 4. The van der Waals surface area contributed by atoms with Crippen LogP contribution in [0.1, 0.15) is 325 Å². The quantitative estimate of drug-likeness (QED) is 0.0222. The summed E-state index contributed by atoms with van der Waals surface area (Å²) in [5.74, 6) is 0.808. The van der Waals surface area contributed by atoms with Crippen LogP contribution in [0.25, 0.3) is 0 Å². The maximum absolute atomic E-state index is 13.0. The summed E-state index contributed by atoms with van der Waals surface area (Å²) in [5.41, 5.74) is 0. The first kappa shape index (κ1) is 84.1. The van der Waals surface area contributed by atoms with Crippen LogP contribution in [0.3, 0.4) is 0 Å². The van der Waals surface area contributed by atoms with Crippen molar-refractivity contribution in [1.29, 1.82) is 0 Å². The van der Waals surface area contributed by atoms with E-state index in [9.17, 15) is 43.2 Å². The number of phosphoric ester groups is 2. The molecule has 0 saturated carbocycles. The van der Waals surface area contributed by atoms with E-state index in [1.807, 2.05) is 0 Å². The van der Waals surface area contributed by atoms with Crippen molar-refractivity contribution in [3.8, 4) is 0 Å². The highest BCUT2D eigenvalue weighted by molar-refractivity contribution is 7.47. The summed E-state index contributed by atoms with van der Waals surface area (Å²) in [5, 5.41) is 10.6. The van der Waals surface area contributed by atoms with Gasteiger partial charge in [-0.15, -0.1) is 0 Å². The van der Waals surface area contributed by atoms with Crippen LogP contribution in [0, 0.1) is 23.7 Å². The Morgan fingerprint density at radius 2 is 0.558 bits per heavy atom. The zero-order valence-corrected chi connectivity index (χ0v) is 57.7. The van der Waals surface area contributed by atoms with Gasteiger partial charge in [0.1, 0.15) is 19.3 Å². The van der Waals surface area contributed by atoms with Gasteiger partial charge < -0.3 is 33.8 Å². The molecule has 0 saturated heterocycles. The minimum absolute atomic E-state index is 0.103. The van der Waals surface area contributed by atoms with Crippen LogP contribution in [0.4, 0.5) is 0 Å². The monoisotopic (exact) mass is 1270 g/mol. The average molecular weight is 1270 g/mol. The number of aliphatic hydroxyl groups excluding tert-OH is 1. The Labute approximate surface area is 524 Å². The van der Waals surface area contributed by atoms with Gasteiger partial charge >= 0.3 is 39.5 Å². The van der Waals surface area contributed by atoms with E-state index in [1.54, 1.807) is 0 Å². The molecule has 0 aromatic heterocycles. The Morgan fingerprint density at radius 1 is 0.326 bits per heavy atom. The zero-order valence-electron chi connectivity index (χ0n) is 55.9. The third kappa shape index (κ3) is 59.7. The van der Waals surface area contributed by atoms with Crippen LogP contribution in [0.5, 0.6) is 0 Å². The van der Waals surface area contributed by atoms with Crippen molar-refractivity contribution < 1.29 is 80.2 Å². The van der Waals surface area contributed by atoms with Gasteiger partial charge in [-0.2, -0.15) is 0 Å². The second-order valence-corrected chi connectivity index (χ2v) is 28.8. The van der Waals surface area contributed by atoms with Gasteiger partial charge in [0.2, 0.25) is 0 Å². The summed E-state index contributed by atoms with van der Waals surface area (Å²) in [7, 11) is -9.90. The first-order chi connectivity index (χ1) is 41.1. The Balaban J connectivity index is 5.25. The van der Waals surface area contributed by atoms with Crippen molar-refractivity contribution in [2.75, 3.05) is 39.6 Å². The molecule has 19 heteroatoms. The minimum atomic E-state index is -4.95. The van der Waals surface area contributed by atoms with Gasteiger partial charge in [-0.05, 0) is 49.4 Å². The van der Waals surface area contributed by atoms with E-state index < -0.39 is 97.5 Å². The smallest absolute Gasteiger partial charge is 0.462 e. The molecule has 3 N–H and O–H groups in total. The molecule has 86 heavy (non-hydrogen) atoms. The highest BCUT2D eigenvalue weighted by atomic mass is 31.2. The highest BCUT2D eigenvalue weighted by Gasteiger charge is 2.30. The largest absolute Gasteiger partial charge is 0.472 e. The Kier molecular flexibility index (Phi) is 55.7. The maximum Gasteiger partial charge on any atom is 0.472 e. The minimum Gasteiger partial charge on any atom is -0.462 e. The fourth-order valence-corrected chi connectivity index (χ4v) is 11.5. The number of hydrogen-bond acceptors (Lipinski definition) is 15. The highest BCUT2D eigenvalue weighted by Crippen LogP contribution is 2.45. The first-order valence-electron chi connectivity index (χ1n) is 34.7. The van der Waals surface area contributed by atoms with E-state index in [4.69, 9.17) is 37.0 Å². The molecule has 6 atom stereocenters. The number of carbonyl (C=O) groups excluding carboxylic acids is 4. The van der Waals surface area contributed by atoms with Crippen molar-refractivity contribution in [1.82, 2.24) is 0 Å². The van der Waals surface area contributed by atoms with Gasteiger partial charge in [0.15, 0.2) is 12.2 Å². The third-order valence-corrected chi connectivity index (χ3v) is 17.6. The Hall–Kier alpha value is -1.94. The summed E-state index contributed by atoms with van der Waals surface area (Å²) < 4.78 is 68.1. The molecule has 0 fully saturated rings. The lowest BCUT2D eigenvalue weighted by molar-refractivity contribution is -0.161. The van der Waals surface area contributed by atoms with Crippen LogP contribution in [-0.4, -0.2) is 96.7 Å². The molecule has 0 rings (SSSR count). The van der Waals surface area contributed by atoms with Crippen LogP contribution < -0.4 is 0 Å². The second kappa shape index (κ2) is 57.0. The van der Waals surface area contributed by atoms with E-state index in [0.29, 0.717) is 31.6 Å².